The number of nitrogens with two attached hydrogens (primary N) is 1. The van der Waals surface area contributed by atoms with Gasteiger partial charge in [0.05, 0.1) is 18.3 Å². The summed E-state index contributed by atoms with van der Waals surface area (Å²) in [6.07, 6.45) is 0.160. The third-order valence-corrected chi connectivity index (χ3v) is 2.27. The SMILES string of the molecule is CNC(=O)c1ccc(N)cc1OCCOC(C)C. The molecular formula is C13H20N2O3. The average molecular weight is 252 g/mol. The molecule has 0 aliphatic rings. The first kappa shape index (κ1) is 14.3. The zero-order valence-corrected chi connectivity index (χ0v) is 11.0. The van der Waals surface area contributed by atoms with Crippen molar-refractivity contribution in [2.75, 3.05) is 26.0 Å². The van der Waals surface area contributed by atoms with E-state index in [1.807, 2.05) is 13.8 Å². The number of amides is 1. The first-order chi connectivity index (χ1) is 8.54. The Hall–Kier alpha value is -1.75. The van der Waals surface area contributed by atoms with E-state index >= 15 is 0 Å². The number of carbonyl (C=O) groups is 1. The van der Waals surface area contributed by atoms with E-state index in [-0.39, 0.29) is 12.0 Å². The molecule has 0 saturated heterocycles. The second kappa shape index (κ2) is 6.86. The summed E-state index contributed by atoms with van der Waals surface area (Å²) >= 11 is 0. The van der Waals surface area contributed by atoms with Gasteiger partial charge in [-0.25, -0.2) is 0 Å². The number of carbonyl (C=O) groups excluding carboxylic acids is 1. The minimum absolute atomic E-state index is 0.160. The summed E-state index contributed by atoms with van der Waals surface area (Å²) in [7, 11) is 1.57. The first-order valence-corrected chi connectivity index (χ1v) is 5.90. The molecule has 0 heterocycles. The van der Waals surface area contributed by atoms with Crippen LogP contribution in [0.5, 0.6) is 5.75 Å². The van der Waals surface area contributed by atoms with Gasteiger partial charge in [-0.3, -0.25) is 4.79 Å². The number of nitrogens with one attached hydrogen (secondary N) is 1. The molecule has 1 amide bonds. The van der Waals surface area contributed by atoms with E-state index < -0.39 is 0 Å². The molecule has 0 bridgehead atoms. The lowest BCUT2D eigenvalue weighted by Crippen LogP contribution is -2.20. The maximum Gasteiger partial charge on any atom is 0.254 e. The van der Waals surface area contributed by atoms with Crippen molar-refractivity contribution >= 4 is 11.6 Å². The van der Waals surface area contributed by atoms with Gasteiger partial charge in [-0.1, -0.05) is 0 Å². The summed E-state index contributed by atoms with van der Waals surface area (Å²) in [6, 6.07) is 4.95. The largest absolute Gasteiger partial charge is 0.490 e. The average Bonchev–Trinajstić information content (AvgIpc) is 2.33. The molecule has 0 saturated carbocycles. The van der Waals surface area contributed by atoms with E-state index in [1.165, 1.54) is 0 Å². The molecule has 0 spiro atoms. The quantitative estimate of drug-likeness (QED) is 0.593. The normalized spacial score (nSPS) is 10.4. The second-order valence-electron chi connectivity index (χ2n) is 4.10. The Kier molecular flexibility index (Phi) is 5.45. The topological polar surface area (TPSA) is 73.6 Å². The van der Waals surface area contributed by atoms with Gasteiger partial charge >= 0.3 is 0 Å². The third-order valence-electron chi connectivity index (χ3n) is 2.27. The van der Waals surface area contributed by atoms with Crippen LogP contribution in [-0.4, -0.2) is 32.3 Å². The highest BCUT2D eigenvalue weighted by atomic mass is 16.5. The zero-order chi connectivity index (χ0) is 13.5. The Morgan fingerprint density at radius 2 is 2.11 bits per heavy atom. The van der Waals surface area contributed by atoms with Crippen LogP contribution < -0.4 is 15.8 Å². The van der Waals surface area contributed by atoms with E-state index in [0.717, 1.165) is 0 Å². The van der Waals surface area contributed by atoms with Gasteiger partial charge in [0, 0.05) is 18.8 Å². The molecular weight excluding hydrogens is 232 g/mol. The molecule has 18 heavy (non-hydrogen) atoms. The molecule has 0 atom stereocenters. The molecule has 0 aliphatic heterocycles. The minimum Gasteiger partial charge on any atom is -0.490 e. The minimum atomic E-state index is -0.199. The maximum atomic E-state index is 11.6. The van der Waals surface area contributed by atoms with Gasteiger partial charge in [-0.05, 0) is 26.0 Å². The fourth-order valence-electron chi connectivity index (χ4n) is 1.42. The molecule has 0 unspecified atom stereocenters. The van der Waals surface area contributed by atoms with Crippen molar-refractivity contribution in [2.24, 2.45) is 0 Å². The van der Waals surface area contributed by atoms with Gasteiger partial charge in [0.2, 0.25) is 0 Å². The van der Waals surface area contributed by atoms with Crippen LogP contribution in [0.1, 0.15) is 24.2 Å². The monoisotopic (exact) mass is 252 g/mol. The molecule has 1 aromatic rings. The fourth-order valence-corrected chi connectivity index (χ4v) is 1.42. The number of nitrogen functional groups attached to an aromatic ring is 1. The summed E-state index contributed by atoms with van der Waals surface area (Å²) in [4.78, 5) is 11.6. The third kappa shape index (κ3) is 4.25. The highest BCUT2D eigenvalue weighted by Crippen LogP contribution is 2.21. The number of hydrogen-bond acceptors (Lipinski definition) is 4. The molecule has 0 radical (unpaired) electrons. The van der Waals surface area contributed by atoms with Gasteiger partial charge < -0.3 is 20.5 Å². The van der Waals surface area contributed by atoms with Crippen LogP contribution in [0.25, 0.3) is 0 Å². The smallest absolute Gasteiger partial charge is 0.254 e. The summed E-state index contributed by atoms with van der Waals surface area (Å²) in [5.74, 6) is 0.275. The van der Waals surface area contributed by atoms with Crippen LogP contribution >= 0.6 is 0 Å². The Balaban J connectivity index is 2.67. The standard InChI is InChI=1S/C13H20N2O3/c1-9(2)17-6-7-18-12-8-10(14)4-5-11(12)13(16)15-3/h4-5,8-9H,6-7,14H2,1-3H3,(H,15,16). The molecule has 3 N–H and O–H groups in total. The first-order valence-electron chi connectivity index (χ1n) is 5.90. The van der Waals surface area contributed by atoms with Crippen LogP contribution in [-0.2, 0) is 4.74 Å². The van der Waals surface area contributed by atoms with Crippen LogP contribution in [0.4, 0.5) is 5.69 Å². The molecule has 5 heteroatoms. The van der Waals surface area contributed by atoms with Crippen LogP contribution in [0.2, 0.25) is 0 Å². The molecule has 1 aromatic carbocycles. The van der Waals surface area contributed by atoms with Crippen molar-refractivity contribution in [1.82, 2.24) is 5.32 Å². The number of rotatable bonds is 6. The summed E-state index contributed by atoms with van der Waals surface area (Å²) in [6.45, 7) is 4.76. The van der Waals surface area contributed by atoms with Gasteiger partial charge in [-0.2, -0.15) is 0 Å². The van der Waals surface area contributed by atoms with Crippen molar-refractivity contribution in [3.63, 3.8) is 0 Å². The van der Waals surface area contributed by atoms with Crippen LogP contribution in [0.15, 0.2) is 18.2 Å². The zero-order valence-electron chi connectivity index (χ0n) is 11.0. The van der Waals surface area contributed by atoms with Crippen LogP contribution in [0, 0.1) is 0 Å². The van der Waals surface area contributed by atoms with Crippen molar-refractivity contribution in [2.45, 2.75) is 20.0 Å². The Labute approximate surface area is 107 Å². The van der Waals surface area contributed by atoms with Gasteiger partial charge in [0.15, 0.2) is 0 Å². The molecule has 5 nitrogen and oxygen atoms in total. The molecule has 1 rings (SSSR count). The van der Waals surface area contributed by atoms with E-state index in [4.69, 9.17) is 15.2 Å². The van der Waals surface area contributed by atoms with Crippen molar-refractivity contribution < 1.29 is 14.3 Å². The Bertz CT molecular complexity index is 405. The lowest BCUT2D eigenvalue weighted by molar-refractivity contribution is 0.0549. The van der Waals surface area contributed by atoms with E-state index in [0.29, 0.717) is 30.2 Å². The fraction of sp³-hybridized carbons (Fsp3) is 0.462. The summed E-state index contributed by atoms with van der Waals surface area (Å²) in [5.41, 5.74) is 6.71. The van der Waals surface area contributed by atoms with E-state index in [2.05, 4.69) is 5.32 Å². The van der Waals surface area contributed by atoms with Crippen LogP contribution in [0.3, 0.4) is 0 Å². The Morgan fingerprint density at radius 1 is 1.39 bits per heavy atom. The number of ether oxygens (including phenoxy) is 2. The number of benzene rings is 1. The predicted molar refractivity (Wildman–Crippen MR) is 70.8 cm³/mol. The highest BCUT2D eigenvalue weighted by Gasteiger charge is 2.11. The molecule has 0 aliphatic carbocycles. The molecule has 0 fully saturated rings. The maximum absolute atomic E-state index is 11.6. The van der Waals surface area contributed by atoms with Crippen molar-refractivity contribution in [1.29, 1.82) is 0 Å². The second-order valence-corrected chi connectivity index (χ2v) is 4.10. The van der Waals surface area contributed by atoms with E-state index in [9.17, 15) is 4.79 Å². The van der Waals surface area contributed by atoms with E-state index in [1.54, 1.807) is 25.2 Å². The van der Waals surface area contributed by atoms with Crippen molar-refractivity contribution in [3.05, 3.63) is 23.8 Å². The number of anilines is 1. The molecule has 0 aromatic heterocycles. The number of hydrogen-bond donors (Lipinski definition) is 2. The lowest BCUT2D eigenvalue weighted by atomic mass is 10.1. The summed E-state index contributed by atoms with van der Waals surface area (Å²) < 4.78 is 10.9. The van der Waals surface area contributed by atoms with Gasteiger partial charge in [0.25, 0.3) is 5.91 Å². The Morgan fingerprint density at radius 3 is 2.72 bits per heavy atom. The lowest BCUT2D eigenvalue weighted by Gasteiger charge is -2.12. The van der Waals surface area contributed by atoms with Gasteiger partial charge in [-0.15, -0.1) is 0 Å². The molecule has 100 valence electrons. The van der Waals surface area contributed by atoms with Crippen molar-refractivity contribution in [3.8, 4) is 5.75 Å². The highest BCUT2D eigenvalue weighted by molar-refractivity contribution is 5.97. The van der Waals surface area contributed by atoms with Gasteiger partial charge in [0.1, 0.15) is 12.4 Å². The predicted octanol–water partition coefficient (Wildman–Crippen LogP) is 1.43. The summed E-state index contributed by atoms with van der Waals surface area (Å²) in [5, 5.41) is 2.56.